The van der Waals surface area contributed by atoms with Crippen molar-refractivity contribution in [2.45, 2.75) is 51.6 Å². The van der Waals surface area contributed by atoms with Crippen molar-refractivity contribution < 1.29 is 9.15 Å². The molecule has 124 valence electrons. The van der Waals surface area contributed by atoms with Gasteiger partial charge in [0.15, 0.2) is 12.2 Å². The molecule has 1 aliphatic rings. The number of benzene rings is 2. The van der Waals surface area contributed by atoms with Crippen LogP contribution in [0.15, 0.2) is 46.9 Å². The van der Waals surface area contributed by atoms with Gasteiger partial charge in [0.1, 0.15) is 11.3 Å². The molecule has 1 saturated carbocycles. The fourth-order valence-corrected chi connectivity index (χ4v) is 3.56. The Labute approximate surface area is 142 Å². The fraction of sp³-hybridized carbons (Fsp3) is 0.381. The summed E-state index contributed by atoms with van der Waals surface area (Å²) in [4.78, 5) is 4.49. The molecule has 0 aliphatic heterocycles. The van der Waals surface area contributed by atoms with Crippen molar-refractivity contribution in [3.63, 3.8) is 0 Å². The van der Waals surface area contributed by atoms with E-state index in [0.29, 0.717) is 12.5 Å². The first kappa shape index (κ1) is 15.3. The predicted octanol–water partition coefficient (Wildman–Crippen LogP) is 5.76. The van der Waals surface area contributed by atoms with Crippen LogP contribution in [-0.2, 0) is 6.61 Å². The monoisotopic (exact) mass is 321 g/mol. The minimum atomic E-state index is 0.358. The second-order valence-electron chi connectivity index (χ2n) is 6.77. The Morgan fingerprint density at radius 1 is 1.04 bits per heavy atom. The number of aryl methyl sites for hydroxylation is 1. The van der Waals surface area contributed by atoms with E-state index in [4.69, 9.17) is 9.15 Å². The number of nitrogens with zero attached hydrogens (tertiary/aromatic N) is 1. The van der Waals surface area contributed by atoms with Crippen molar-refractivity contribution in [2.24, 2.45) is 0 Å². The van der Waals surface area contributed by atoms with E-state index in [1.165, 1.54) is 43.2 Å². The second-order valence-corrected chi connectivity index (χ2v) is 6.77. The topological polar surface area (TPSA) is 35.3 Å². The van der Waals surface area contributed by atoms with Crippen molar-refractivity contribution >= 4 is 11.1 Å². The van der Waals surface area contributed by atoms with Crippen LogP contribution in [0.1, 0.15) is 55.0 Å². The van der Waals surface area contributed by atoms with Gasteiger partial charge in [-0.1, -0.05) is 37.5 Å². The third-order valence-corrected chi connectivity index (χ3v) is 4.91. The van der Waals surface area contributed by atoms with Crippen LogP contribution in [0.3, 0.4) is 0 Å². The zero-order valence-corrected chi connectivity index (χ0v) is 14.1. The van der Waals surface area contributed by atoms with Crippen LogP contribution >= 0.6 is 0 Å². The number of hydrogen-bond acceptors (Lipinski definition) is 3. The van der Waals surface area contributed by atoms with Gasteiger partial charge in [-0.2, -0.15) is 0 Å². The molecule has 1 fully saturated rings. The van der Waals surface area contributed by atoms with E-state index in [-0.39, 0.29) is 0 Å². The van der Waals surface area contributed by atoms with Gasteiger partial charge in [-0.15, -0.1) is 0 Å². The standard InChI is InChI=1S/C21H23NO2/c1-15-7-12-20-19(13-15)22-21(24-20)14-23-18-10-8-17(9-11-18)16-5-3-2-4-6-16/h7-13,16H,2-6,14H2,1H3. The van der Waals surface area contributed by atoms with Crippen molar-refractivity contribution in [1.29, 1.82) is 0 Å². The van der Waals surface area contributed by atoms with Crippen LogP contribution in [0.25, 0.3) is 11.1 Å². The van der Waals surface area contributed by atoms with Gasteiger partial charge in [-0.25, -0.2) is 4.98 Å². The maximum absolute atomic E-state index is 5.84. The lowest BCUT2D eigenvalue weighted by molar-refractivity contribution is 0.267. The van der Waals surface area contributed by atoms with E-state index >= 15 is 0 Å². The highest BCUT2D eigenvalue weighted by Crippen LogP contribution is 2.33. The predicted molar refractivity (Wildman–Crippen MR) is 95.3 cm³/mol. The molecule has 1 aromatic heterocycles. The molecular formula is C21H23NO2. The first-order valence-electron chi connectivity index (χ1n) is 8.87. The average Bonchev–Trinajstić information content (AvgIpc) is 3.03. The lowest BCUT2D eigenvalue weighted by Crippen LogP contribution is -2.04. The third-order valence-electron chi connectivity index (χ3n) is 4.91. The minimum absolute atomic E-state index is 0.358. The number of fused-ring (bicyclic) bond motifs is 1. The molecule has 4 rings (SSSR count). The van der Waals surface area contributed by atoms with Gasteiger partial charge in [0, 0.05) is 0 Å². The highest BCUT2D eigenvalue weighted by atomic mass is 16.5. The smallest absolute Gasteiger partial charge is 0.233 e. The summed E-state index contributed by atoms with van der Waals surface area (Å²) in [5.74, 6) is 2.22. The Bertz CT molecular complexity index is 813. The average molecular weight is 321 g/mol. The number of hydrogen-bond donors (Lipinski definition) is 0. The first-order valence-corrected chi connectivity index (χ1v) is 8.87. The molecule has 0 N–H and O–H groups in total. The van der Waals surface area contributed by atoms with E-state index in [1.807, 2.05) is 18.2 Å². The normalized spacial score (nSPS) is 15.7. The van der Waals surface area contributed by atoms with Gasteiger partial charge in [-0.05, 0) is 61.1 Å². The maximum atomic E-state index is 5.84. The van der Waals surface area contributed by atoms with Crippen LogP contribution in [0, 0.1) is 6.92 Å². The van der Waals surface area contributed by atoms with Crippen LogP contribution in [0.5, 0.6) is 5.75 Å². The first-order chi connectivity index (χ1) is 11.8. The second kappa shape index (κ2) is 6.68. The van der Waals surface area contributed by atoms with E-state index in [1.54, 1.807) is 0 Å². The van der Waals surface area contributed by atoms with E-state index in [9.17, 15) is 0 Å². The lowest BCUT2D eigenvalue weighted by atomic mass is 9.84. The van der Waals surface area contributed by atoms with Gasteiger partial charge < -0.3 is 9.15 Å². The molecule has 0 atom stereocenters. The minimum Gasteiger partial charge on any atom is -0.484 e. The summed E-state index contributed by atoms with van der Waals surface area (Å²) in [6.07, 6.45) is 6.76. The maximum Gasteiger partial charge on any atom is 0.233 e. The van der Waals surface area contributed by atoms with Gasteiger partial charge >= 0.3 is 0 Å². The zero-order valence-electron chi connectivity index (χ0n) is 14.1. The Morgan fingerprint density at radius 3 is 2.62 bits per heavy atom. The molecule has 0 saturated heterocycles. The van der Waals surface area contributed by atoms with Gasteiger partial charge in [-0.3, -0.25) is 0 Å². The Hall–Kier alpha value is -2.29. The molecule has 0 spiro atoms. The summed E-state index contributed by atoms with van der Waals surface area (Å²) < 4.78 is 11.6. The van der Waals surface area contributed by atoms with Gasteiger partial charge in [0.25, 0.3) is 0 Å². The molecule has 0 unspecified atom stereocenters. The summed E-state index contributed by atoms with van der Waals surface area (Å²) in [6.45, 7) is 2.41. The third kappa shape index (κ3) is 3.30. The summed E-state index contributed by atoms with van der Waals surface area (Å²) in [6, 6.07) is 14.6. The molecule has 0 bridgehead atoms. The molecule has 1 aliphatic carbocycles. The lowest BCUT2D eigenvalue weighted by Gasteiger charge is -2.22. The molecule has 3 nitrogen and oxygen atoms in total. The fourth-order valence-electron chi connectivity index (χ4n) is 3.56. The van der Waals surface area contributed by atoms with E-state index in [2.05, 4.69) is 36.2 Å². The van der Waals surface area contributed by atoms with Crippen molar-refractivity contribution in [2.75, 3.05) is 0 Å². The molecule has 2 aromatic carbocycles. The summed E-state index contributed by atoms with van der Waals surface area (Å²) >= 11 is 0. The van der Waals surface area contributed by atoms with Crippen molar-refractivity contribution in [1.82, 2.24) is 4.98 Å². The highest BCUT2D eigenvalue weighted by molar-refractivity contribution is 5.73. The van der Waals surface area contributed by atoms with Crippen LogP contribution in [-0.4, -0.2) is 4.98 Å². The Morgan fingerprint density at radius 2 is 1.83 bits per heavy atom. The molecule has 0 radical (unpaired) electrons. The van der Waals surface area contributed by atoms with E-state index in [0.717, 1.165) is 22.8 Å². The number of rotatable bonds is 4. The van der Waals surface area contributed by atoms with Crippen molar-refractivity contribution in [3.8, 4) is 5.75 Å². The zero-order chi connectivity index (χ0) is 16.4. The number of oxazole rings is 1. The van der Waals surface area contributed by atoms with Crippen molar-refractivity contribution in [3.05, 3.63) is 59.5 Å². The largest absolute Gasteiger partial charge is 0.484 e. The number of aromatic nitrogens is 1. The highest BCUT2D eigenvalue weighted by Gasteiger charge is 2.15. The summed E-state index contributed by atoms with van der Waals surface area (Å²) in [7, 11) is 0. The van der Waals surface area contributed by atoms with Crippen LogP contribution in [0.4, 0.5) is 0 Å². The van der Waals surface area contributed by atoms with Gasteiger partial charge in [0.05, 0.1) is 0 Å². The number of ether oxygens (including phenoxy) is 1. The van der Waals surface area contributed by atoms with Gasteiger partial charge in [0.2, 0.25) is 5.89 Å². The Kier molecular flexibility index (Phi) is 4.24. The summed E-state index contributed by atoms with van der Waals surface area (Å²) in [5.41, 5.74) is 4.33. The SMILES string of the molecule is Cc1ccc2oc(COc3ccc(C4CCCCC4)cc3)nc2c1. The molecular weight excluding hydrogens is 298 g/mol. The molecule has 0 amide bonds. The van der Waals surface area contributed by atoms with E-state index < -0.39 is 0 Å². The summed E-state index contributed by atoms with van der Waals surface area (Å²) in [5, 5.41) is 0. The molecule has 3 heteroatoms. The molecule has 24 heavy (non-hydrogen) atoms. The van der Waals surface area contributed by atoms with Crippen LogP contribution < -0.4 is 4.74 Å². The van der Waals surface area contributed by atoms with Crippen LogP contribution in [0.2, 0.25) is 0 Å². The quantitative estimate of drug-likeness (QED) is 0.612. The molecule has 1 heterocycles. The molecule has 3 aromatic rings. The Balaban J connectivity index is 1.41.